The van der Waals surface area contributed by atoms with E-state index >= 15 is 0 Å². The first-order valence-corrected chi connectivity index (χ1v) is 9.33. The van der Waals surface area contributed by atoms with Gasteiger partial charge >= 0.3 is 0 Å². The zero-order valence-electron chi connectivity index (χ0n) is 15.5. The second kappa shape index (κ2) is 9.63. The Hall–Kier alpha value is -1.79. The van der Waals surface area contributed by atoms with Crippen LogP contribution >= 0.6 is 0 Å². The minimum atomic E-state index is -0.494. The van der Waals surface area contributed by atoms with Crippen LogP contribution in [0.15, 0.2) is 18.2 Å². The molecule has 1 aliphatic carbocycles. The number of ether oxygens (including phenoxy) is 1. The number of hydrogen-bond donors (Lipinski definition) is 3. The number of nitrogen functional groups attached to an aromatic ring is 1. The van der Waals surface area contributed by atoms with Crippen molar-refractivity contribution in [2.24, 2.45) is 5.73 Å². The number of benzene rings is 1. The van der Waals surface area contributed by atoms with Crippen molar-refractivity contribution < 1.29 is 9.53 Å². The van der Waals surface area contributed by atoms with E-state index in [0.29, 0.717) is 23.4 Å². The molecule has 1 saturated carbocycles. The maximum absolute atomic E-state index is 11.4. The van der Waals surface area contributed by atoms with Gasteiger partial charge in [0.2, 0.25) is 0 Å². The molecule has 0 atom stereocenters. The number of likely N-dealkylation sites (N-methyl/N-ethyl adjacent to an activating group) is 1. The molecule has 0 heterocycles. The molecule has 25 heavy (non-hydrogen) atoms. The van der Waals surface area contributed by atoms with Gasteiger partial charge in [-0.2, -0.15) is 0 Å². The number of amides is 1. The van der Waals surface area contributed by atoms with E-state index in [1.54, 1.807) is 12.1 Å². The second-order valence-electron chi connectivity index (χ2n) is 6.65. The predicted molar refractivity (Wildman–Crippen MR) is 103 cm³/mol. The van der Waals surface area contributed by atoms with Gasteiger partial charge in [0.05, 0.1) is 29.6 Å². The summed E-state index contributed by atoms with van der Waals surface area (Å²) in [6, 6.07) is 5.71. The van der Waals surface area contributed by atoms with Gasteiger partial charge in [-0.3, -0.25) is 4.79 Å². The van der Waals surface area contributed by atoms with E-state index in [1.165, 1.54) is 0 Å². The molecular weight excluding hydrogens is 316 g/mol. The summed E-state index contributed by atoms with van der Waals surface area (Å²) in [5, 5.41) is 3.46. The smallest absolute Gasteiger partial charge is 0.250 e. The zero-order valence-corrected chi connectivity index (χ0v) is 15.5. The topological polar surface area (TPSA) is 93.6 Å². The van der Waals surface area contributed by atoms with Gasteiger partial charge in [-0.15, -0.1) is 0 Å². The van der Waals surface area contributed by atoms with Gasteiger partial charge < -0.3 is 26.4 Å². The Morgan fingerprint density at radius 3 is 2.52 bits per heavy atom. The van der Waals surface area contributed by atoms with Gasteiger partial charge in [0.1, 0.15) is 0 Å². The minimum absolute atomic E-state index is 0.350. The monoisotopic (exact) mass is 348 g/mol. The van der Waals surface area contributed by atoms with Gasteiger partial charge in [-0.1, -0.05) is 19.9 Å². The maximum atomic E-state index is 11.4. The fourth-order valence-electron chi connectivity index (χ4n) is 3.39. The largest absolute Gasteiger partial charge is 0.396 e. The first-order chi connectivity index (χ1) is 12.0. The number of rotatable bonds is 9. The lowest BCUT2D eigenvalue weighted by Gasteiger charge is -2.31. The van der Waals surface area contributed by atoms with Gasteiger partial charge in [0.15, 0.2) is 0 Å². The Balaban J connectivity index is 1.77. The molecule has 0 spiro atoms. The quantitative estimate of drug-likeness (QED) is 0.596. The lowest BCUT2D eigenvalue weighted by molar-refractivity contribution is 0.0156. The molecule has 0 unspecified atom stereocenters. The van der Waals surface area contributed by atoms with Crippen LogP contribution in [0.5, 0.6) is 0 Å². The van der Waals surface area contributed by atoms with Crippen LogP contribution in [0.25, 0.3) is 0 Å². The molecule has 6 nitrogen and oxygen atoms in total. The van der Waals surface area contributed by atoms with Crippen molar-refractivity contribution in [1.82, 2.24) is 4.90 Å². The average Bonchev–Trinajstić information content (AvgIpc) is 2.61. The Kier molecular flexibility index (Phi) is 7.52. The summed E-state index contributed by atoms with van der Waals surface area (Å²) >= 11 is 0. The molecule has 0 saturated heterocycles. The van der Waals surface area contributed by atoms with E-state index in [1.807, 2.05) is 6.07 Å². The van der Waals surface area contributed by atoms with Crippen molar-refractivity contribution in [2.45, 2.75) is 51.7 Å². The summed E-state index contributed by atoms with van der Waals surface area (Å²) in [7, 11) is 0. The third-order valence-electron chi connectivity index (χ3n) is 5.06. The van der Waals surface area contributed by atoms with Crippen LogP contribution in [0.2, 0.25) is 0 Å². The molecular formula is C19H32N4O2. The summed E-state index contributed by atoms with van der Waals surface area (Å²) in [4.78, 5) is 13.8. The summed E-state index contributed by atoms with van der Waals surface area (Å²) in [6.45, 7) is 8.31. The maximum Gasteiger partial charge on any atom is 0.250 e. The third kappa shape index (κ3) is 5.61. The Morgan fingerprint density at radius 2 is 1.92 bits per heavy atom. The normalized spacial score (nSPS) is 20.6. The van der Waals surface area contributed by atoms with Gasteiger partial charge in [-0.05, 0) is 50.9 Å². The highest BCUT2D eigenvalue weighted by Gasteiger charge is 2.22. The van der Waals surface area contributed by atoms with Crippen molar-refractivity contribution in [3.05, 3.63) is 23.8 Å². The van der Waals surface area contributed by atoms with E-state index in [-0.39, 0.29) is 0 Å². The van der Waals surface area contributed by atoms with Crippen LogP contribution < -0.4 is 16.8 Å². The number of carbonyl (C=O) groups is 1. The standard InChI is InChI=1S/C19H32N4O2/c1-3-23(4-2)12-13-25-15-10-8-14(9-11-15)22-17-7-5-6-16(18(17)20)19(21)24/h5-7,14-15,22H,3-4,8-13,20H2,1-2H3,(H2,21,24). The molecule has 1 aliphatic rings. The fraction of sp³-hybridized carbons (Fsp3) is 0.632. The average molecular weight is 348 g/mol. The Labute approximate surface area is 150 Å². The number of primary amides is 1. The number of anilines is 2. The summed E-state index contributed by atoms with van der Waals surface area (Å²) in [6.07, 6.45) is 4.52. The first kappa shape index (κ1) is 19.5. The molecule has 5 N–H and O–H groups in total. The van der Waals surface area contributed by atoms with Crippen molar-refractivity contribution in [3.8, 4) is 0 Å². The second-order valence-corrected chi connectivity index (χ2v) is 6.65. The summed E-state index contributed by atoms with van der Waals surface area (Å²) < 4.78 is 6.03. The first-order valence-electron chi connectivity index (χ1n) is 9.33. The van der Waals surface area contributed by atoms with E-state index < -0.39 is 5.91 Å². The van der Waals surface area contributed by atoms with Crippen LogP contribution in [0.3, 0.4) is 0 Å². The van der Waals surface area contributed by atoms with Gasteiger partial charge in [-0.25, -0.2) is 0 Å². The van der Waals surface area contributed by atoms with E-state index in [9.17, 15) is 4.79 Å². The summed E-state index contributed by atoms with van der Waals surface area (Å²) in [5.74, 6) is -0.494. The molecule has 6 heteroatoms. The van der Waals surface area contributed by atoms with Crippen molar-refractivity contribution in [2.75, 3.05) is 37.3 Å². The number of para-hydroxylation sites is 1. The number of nitrogens with zero attached hydrogens (tertiary/aromatic N) is 1. The highest BCUT2D eigenvalue weighted by atomic mass is 16.5. The fourth-order valence-corrected chi connectivity index (χ4v) is 3.39. The van der Waals surface area contributed by atoms with Crippen LogP contribution in [-0.2, 0) is 4.74 Å². The molecule has 0 radical (unpaired) electrons. The molecule has 2 rings (SSSR count). The number of nitrogens with one attached hydrogen (secondary N) is 1. The minimum Gasteiger partial charge on any atom is -0.396 e. The lowest BCUT2D eigenvalue weighted by atomic mass is 9.92. The Bertz CT molecular complexity index is 552. The molecule has 0 aromatic heterocycles. The van der Waals surface area contributed by atoms with Crippen molar-refractivity contribution in [3.63, 3.8) is 0 Å². The van der Waals surface area contributed by atoms with Gasteiger partial charge in [0, 0.05) is 12.6 Å². The molecule has 1 aromatic rings. The van der Waals surface area contributed by atoms with Crippen LogP contribution in [0, 0.1) is 0 Å². The highest BCUT2D eigenvalue weighted by Crippen LogP contribution is 2.28. The molecule has 0 aliphatic heterocycles. The summed E-state index contributed by atoms with van der Waals surface area (Å²) in [5.41, 5.74) is 13.0. The number of nitrogens with two attached hydrogens (primary N) is 2. The van der Waals surface area contributed by atoms with Crippen LogP contribution in [0.4, 0.5) is 11.4 Å². The molecule has 1 aromatic carbocycles. The number of hydrogen-bond acceptors (Lipinski definition) is 5. The molecule has 0 bridgehead atoms. The van der Waals surface area contributed by atoms with E-state index in [0.717, 1.165) is 57.6 Å². The van der Waals surface area contributed by atoms with E-state index in [4.69, 9.17) is 16.2 Å². The SMILES string of the molecule is CCN(CC)CCOC1CCC(Nc2cccc(C(N)=O)c2N)CC1. The van der Waals surface area contributed by atoms with E-state index in [2.05, 4.69) is 24.1 Å². The lowest BCUT2D eigenvalue weighted by Crippen LogP contribution is -2.33. The van der Waals surface area contributed by atoms with Gasteiger partial charge in [0.25, 0.3) is 5.91 Å². The highest BCUT2D eigenvalue weighted by molar-refractivity contribution is 6.00. The zero-order chi connectivity index (χ0) is 18.2. The molecule has 140 valence electrons. The number of carbonyl (C=O) groups excluding carboxylic acids is 1. The van der Waals surface area contributed by atoms with Crippen molar-refractivity contribution >= 4 is 17.3 Å². The predicted octanol–water partition coefficient (Wildman–Crippen LogP) is 2.45. The van der Waals surface area contributed by atoms with Crippen LogP contribution in [0.1, 0.15) is 49.9 Å². The molecule has 1 fully saturated rings. The Morgan fingerprint density at radius 1 is 1.24 bits per heavy atom. The van der Waals surface area contributed by atoms with Crippen molar-refractivity contribution in [1.29, 1.82) is 0 Å². The van der Waals surface area contributed by atoms with Crippen LogP contribution in [-0.4, -0.2) is 49.2 Å². The third-order valence-corrected chi connectivity index (χ3v) is 5.06. The molecule has 1 amide bonds.